The zero-order valence-corrected chi connectivity index (χ0v) is 15.4. The summed E-state index contributed by atoms with van der Waals surface area (Å²) < 4.78 is 9.56. The van der Waals surface area contributed by atoms with Gasteiger partial charge in [0.25, 0.3) is 0 Å². The Labute approximate surface area is 157 Å². The van der Waals surface area contributed by atoms with Crippen molar-refractivity contribution in [2.24, 2.45) is 10.4 Å². The molecule has 142 valence electrons. The molecule has 27 heavy (non-hydrogen) atoms. The summed E-state index contributed by atoms with van der Waals surface area (Å²) in [5.74, 6) is -1.90. The number of benzene rings is 1. The van der Waals surface area contributed by atoms with E-state index < -0.39 is 11.9 Å². The smallest absolute Gasteiger partial charge is 0.359 e. The van der Waals surface area contributed by atoms with Crippen molar-refractivity contribution in [3.8, 4) is 0 Å². The van der Waals surface area contributed by atoms with Crippen LogP contribution in [0.25, 0.3) is 0 Å². The molecular weight excluding hydrogens is 350 g/mol. The third kappa shape index (κ3) is 5.37. The van der Waals surface area contributed by atoms with Crippen LogP contribution in [0.2, 0.25) is 0 Å². The number of Topliss-reactive ketones (excluding diaryl/α,β-unsaturated/α-hetero) is 1. The maximum atomic E-state index is 12.2. The molecule has 0 aromatic heterocycles. The number of hydrogen-bond donors (Lipinski definition) is 1. The summed E-state index contributed by atoms with van der Waals surface area (Å²) >= 11 is 0. The standard InChI is InChI=1S/C20H21NO6/c1-20(2)9-16(22)14(17(23)10-20)11-21-15(19(25)26-3)12-27-18(24)13-7-5-4-6-8-13/h4-8,11-12,22H,9-10H2,1-3H3/b15-12-,21-11?. The number of hydrogen-bond acceptors (Lipinski definition) is 7. The van der Waals surface area contributed by atoms with Crippen LogP contribution in [0.4, 0.5) is 0 Å². The summed E-state index contributed by atoms with van der Waals surface area (Å²) in [6.07, 6.45) is 2.51. The van der Waals surface area contributed by atoms with Gasteiger partial charge in [-0.3, -0.25) is 4.79 Å². The van der Waals surface area contributed by atoms with Crippen LogP contribution in [0.1, 0.15) is 37.0 Å². The third-order valence-corrected chi connectivity index (χ3v) is 3.91. The molecule has 1 N–H and O–H groups in total. The van der Waals surface area contributed by atoms with E-state index in [4.69, 9.17) is 4.74 Å². The van der Waals surface area contributed by atoms with Crippen LogP contribution < -0.4 is 0 Å². The fourth-order valence-electron chi connectivity index (χ4n) is 2.57. The third-order valence-electron chi connectivity index (χ3n) is 3.91. The normalized spacial score (nSPS) is 17.1. The molecule has 0 saturated carbocycles. The quantitative estimate of drug-likeness (QED) is 0.369. The summed E-state index contributed by atoms with van der Waals surface area (Å²) in [5, 5.41) is 10.1. The molecule has 2 rings (SSSR count). The lowest BCUT2D eigenvalue weighted by atomic mass is 9.77. The minimum absolute atomic E-state index is 0.0264. The Morgan fingerprint density at radius 1 is 1.19 bits per heavy atom. The van der Waals surface area contributed by atoms with Crippen LogP contribution in [-0.4, -0.2) is 36.2 Å². The van der Waals surface area contributed by atoms with Gasteiger partial charge in [0, 0.05) is 19.1 Å². The average molecular weight is 371 g/mol. The van der Waals surface area contributed by atoms with E-state index in [1.54, 1.807) is 30.3 Å². The average Bonchev–Trinajstić information content (AvgIpc) is 2.62. The highest BCUT2D eigenvalue weighted by Gasteiger charge is 2.32. The number of ketones is 1. The highest BCUT2D eigenvalue weighted by atomic mass is 16.5. The largest absolute Gasteiger partial charge is 0.511 e. The van der Waals surface area contributed by atoms with E-state index in [1.165, 1.54) is 0 Å². The number of allylic oxidation sites excluding steroid dienone is 2. The Morgan fingerprint density at radius 2 is 1.85 bits per heavy atom. The van der Waals surface area contributed by atoms with Gasteiger partial charge in [-0.2, -0.15) is 0 Å². The first-order chi connectivity index (χ1) is 12.7. The van der Waals surface area contributed by atoms with E-state index in [0.29, 0.717) is 12.0 Å². The number of esters is 2. The van der Waals surface area contributed by atoms with Gasteiger partial charge in [0.15, 0.2) is 11.5 Å². The molecule has 1 aromatic rings. The first-order valence-corrected chi connectivity index (χ1v) is 8.27. The molecule has 0 atom stereocenters. The number of aliphatic hydroxyl groups excluding tert-OH is 1. The molecule has 0 unspecified atom stereocenters. The Kier molecular flexibility index (Phi) is 6.28. The van der Waals surface area contributed by atoms with Crippen molar-refractivity contribution in [1.82, 2.24) is 0 Å². The molecule has 7 heteroatoms. The van der Waals surface area contributed by atoms with Crippen molar-refractivity contribution in [2.45, 2.75) is 26.7 Å². The van der Waals surface area contributed by atoms with E-state index >= 15 is 0 Å². The number of aliphatic hydroxyl groups is 1. The number of ether oxygens (including phenoxy) is 2. The molecule has 0 bridgehead atoms. The number of carbonyl (C=O) groups excluding carboxylic acids is 3. The van der Waals surface area contributed by atoms with Gasteiger partial charge < -0.3 is 14.6 Å². The molecule has 0 fully saturated rings. The van der Waals surface area contributed by atoms with Gasteiger partial charge in [-0.1, -0.05) is 32.0 Å². The maximum absolute atomic E-state index is 12.2. The Morgan fingerprint density at radius 3 is 2.44 bits per heavy atom. The molecule has 1 aromatic carbocycles. The molecule has 0 radical (unpaired) electrons. The van der Waals surface area contributed by atoms with E-state index in [0.717, 1.165) is 19.6 Å². The summed E-state index contributed by atoms with van der Waals surface area (Å²) in [4.78, 5) is 39.9. The predicted octanol–water partition coefficient (Wildman–Crippen LogP) is 3.13. The molecule has 0 amide bonds. The summed E-state index contributed by atoms with van der Waals surface area (Å²) in [6.45, 7) is 3.75. The zero-order chi connectivity index (χ0) is 20.0. The minimum Gasteiger partial charge on any atom is -0.511 e. The van der Waals surface area contributed by atoms with Gasteiger partial charge in [-0.15, -0.1) is 0 Å². The topological polar surface area (TPSA) is 102 Å². The summed E-state index contributed by atoms with van der Waals surface area (Å²) in [7, 11) is 1.15. The highest BCUT2D eigenvalue weighted by Crippen LogP contribution is 2.35. The van der Waals surface area contributed by atoms with Gasteiger partial charge in [-0.05, 0) is 17.5 Å². The minimum atomic E-state index is -0.851. The van der Waals surface area contributed by atoms with Crippen LogP contribution >= 0.6 is 0 Å². The fourth-order valence-corrected chi connectivity index (χ4v) is 2.57. The van der Waals surface area contributed by atoms with Crippen molar-refractivity contribution < 1.29 is 29.0 Å². The molecule has 1 aliphatic rings. The van der Waals surface area contributed by atoms with Crippen molar-refractivity contribution in [3.05, 3.63) is 59.2 Å². The lowest BCUT2D eigenvalue weighted by Gasteiger charge is -2.28. The molecular formula is C20H21NO6. The number of aliphatic imine (C=N–C) groups is 1. The van der Waals surface area contributed by atoms with Gasteiger partial charge in [0.2, 0.25) is 0 Å². The van der Waals surface area contributed by atoms with Gasteiger partial charge in [0.1, 0.15) is 12.0 Å². The van der Waals surface area contributed by atoms with Crippen LogP contribution in [0.5, 0.6) is 0 Å². The highest BCUT2D eigenvalue weighted by molar-refractivity contribution is 6.15. The van der Waals surface area contributed by atoms with E-state index in [2.05, 4.69) is 9.73 Å². The number of rotatable bonds is 5. The van der Waals surface area contributed by atoms with E-state index in [9.17, 15) is 19.5 Å². The van der Waals surface area contributed by atoms with Crippen molar-refractivity contribution in [3.63, 3.8) is 0 Å². The molecule has 0 aliphatic heterocycles. The van der Waals surface area contributed by atoms with Crippen LogP contribution in [-0.2, 0) is 19.1 Å². The predicted molar refractivity (Wildman–Crippen MR) is 98.1 cm³/mol. The van der Waals surface area contributed by atoms with Gasteiger partial charge >= 0.3 is 11.9 Å². The van der Waals surface area contributed by atoms with Gasteiger partial charge in [0.05, 0.1) is 18.2 Å². The van der Waals surface area contributed by atoms with E-state index in [-0.39, 0.29) is 34.6 Å². The van der Waals surface area contributed by atoms with E-state index in [1.807, 2.05) is 13.8 Å². The van der Waals surface area contributed by atoms with Crippen molar-refractivity contribution in [2.75, 3.05) is 7.11 Å². The zero-order valence-electron chi connectivity index (χ0n) is 15.4. The number of nitrogens with zero attached hydrogens (tertiary/aromatic N) is 1. The fraction of sp³-hybridized carbons (Fsp3) is 0.300. The molecule has 7 nitrogen and oxygen atoms in total. The lowest BCUT2D eigenvalue weighted by Crippen LogP contribution is -2.26. The second-order valence-electron chi connectivity index (χ2n) is 6.83. The van der Waals surface area contributed by atoms with Crippen molar-refractivity contribution >= 4 is 23.9 Å². The first kappa shape index (κ1) is 20.1. The first-order valence-electron chi connectivity index (χ1n) is 8.27. The number of methoxy groups -OCH3 is 1. The second-order valence-corrected chi connectivity index (χ2v) is 6.83. The number of carbonyl (C=O) groups is 3. The monoisotopic (exact) mass is 371 g/mol. The van der Waals surface area contributed by atoms with Crippen molar-refractivity contribution in [1.29, 1.82) is 0 Å². The molecule has 1 aliphatic carbocycles. The van der Waals surface area contributed by atoms with Crippen LogP contribution in [0.3, 0.4) is 0 Å². The Hall–Kier alpha value is -3.22. The Bertz CT molecular complexity index is 833. The molecule has 0 saturated heterocycles. The molecule has 0 heterocycles. The Balaban J connectivity index is 2.22. The SMILES string of the molecule is COC(=O)/C(=C/OC(=O)c1ccccc1)N=CC1=C(O)CC(C)(C)CC1=O. The van der Waals surface area contributed by atoms with Gasteiger partial charge in [-0.25, -0.2) is 14.6 Å². The lowest BCUT2D eigenvalue weighted by molar-refractivity contribution is -0.136. The second kappa shape index (κ2) is 8.44. The summed E-state index contributed by atoms with van der Waals surface area (Å²) in [5.41, 5.74) is -0.338. The van der Waals surface area contributed by atoms with Crippen LogP contribution in [0, 0.1) is 5.41 Å². The van der Waals surface area contributed by atoms with Crippen LogP contribution in [0.15, 0.2) is 58.6 Å². The summed E-state index contributed by atoms with van der Waals surface area (Å²) in [6, 6.07) is 8.21. The molecule has 0 spiro atoms. The maximum Gasteiger partial charge on any atom is 0.359 e.